The van der Waals surface area contributed by atoms with Crippen molar-refractivity contribution in [3.63, 3.8) is 0 Å². The van der Waals surface area contributed by atoms with Gasteiger partial charge in [-0.1, -0.05) is 13.8 Å². The smallest absolute Gasteiger partial charge is 0.161 e. The van der Waals surface area contributed by atoms with Gasteiger partial charge >= 0.3 is 0 Å². The molecule has 1 aromatic rings. The second-order valence-electron chi connectivity index (χ2n) is 5.44. The molecule has 1 aliphatic heterocycles. The molecular weight excluding hydrogens is 216 g/mol. The van der Waals surface area contributed by atoms with Crippen LogP contribution < -0.4 is 9.47 Å². The van der Waals surface area contributed by atoms with E-state index in [1.807, 2.05) is 19.1 Å². The van der Waals surface area contributed by atoms with E-state index in [-0.39, 0.29) is 12.0 Å². The molecule has 0 unspecified atom stereocenters. The van der Waals surface area contributed by atoms with E-state index in [4.69, 9.17) is 14.6 Å². The summed E-state index contributed by atoms with van der Waals surface area (Å²) >= 11 is 0. The maximum atomic E-state index is 9.01. The third-order valence-corrected chi connectivity index (χ3v) is 3.02. The van der Waals surface area contributed by atoms with Crippen molar-refractivity contribution in [2.45, 2.75) is 27.2 Å². The van der Waals surface area contributed by atoms with Crippen LogP contribution in [0.4, 0.5) is 0 Å². The Labute approximate surface area is 102 Å². The van der Waals surface area contributed by atoms with Crippen LogP contribution in [0.2, 0.25) is 0 Å². The highest BCUT2D eigenvalue weighted by molar-refractivity contribution is 5.47. The fourth-order valence-corrected chi connectivity index (χ4v) is 1.91. The van der Waals surface area contributed by atoms with Crippen LogP contribution in [-0.4, -0.2) is 24.9 Å². The first-order valence-corrected chi connectivity index (χ1v) is 6.02. The summed E-state index contributed by atoms with van der Waals surface area (Å²) < 4.78 is 11.6. The van der Waals surface area contributed by atoms with Gasteiger partial charge in [-0.3, -0.25) is 0 Å². The predicted molar refractivity (Wildman–Crippen MR) is 66.7 cm³/mol. The minimum Gasteiger partial charge on any atom is -0.489 e. The summed E-state index contributed by atoms with van der Waals surface area (Å²) in [5.41, 5.74) is 2.29. The third-order valence-electron chi connectivity index (χ3n) is 3.02. The summed E-state index contributed by atoms with van der Waals surface area (Å²) in [6.07, 6.45) is 0.659. The SMILES string of the molecule is Cc1cc2c(cc1CCO)OCC(C)(C)CO2. The van der Waals surface area contributed by atoms with E-state index in [1.165, 1.54) is 0 Å². The van der Waals surface area contributed by atoms with Crippen LogP contribution in [0.1, 0.15) is 25.0 Å². The molecule has 1 aliphatic rings. The molecule has 0 saturated carbocycles. The quantitative estimate of drug-likeness (QED) is 0.856. The maximum absolute atomic E-state index is 9.01. The van der Waals surface area contributed by atoms with E-state index >= 15 is 0 Å². The average molecular weight is 236 g/mol. The Balaban J connectivity index is 2.31. The highest BCUT2D eigenvalue weighted by Crippen LogP contribution is 2.35. The van der Waals surface area contributed by atoms with Crippen LogP contribution in [0, 0.1) is 12.3 Å². The summed E-state index contributed by atoms with van der Waals surface area (Å²) in [5, 5.41) is 9.01. The monoisotopic (exact) mass is 236 g/mol. The lowest BCUT2D eigenvalue weighted by Crippen LogP contribution is -2.26. The van der Waals surface area contributed by atoms with Crippen molar-refractivity contribution in [3.05, 3.63) is 23.3 Å². The van der Waals surface area contributed by atoms with Gasteiger partial charge in [0.05, 0.1) is 13.2 Å². The number of benzene rings is 1. The van der Waals surface area contributed by atoms with Crippen molar-refractivity contribution in [1.82, 2.24) is 0 Å². The largest absolute Gasteiger partial charge is 0.489 e. The highest BCUT2D eigenvalue weighted by atomic mass is 16.5. The average Bonchev–Trinajstić information content (AvgIpc) is 2.40. The number of hydrogen-bond donors (Lipinski definition) is 1. The van der Waals surface area contributed by atoms with Crippen LogP contribution in [0.15, 0.2) is 12.1 Å². The van der Waals surface area contributed by atoms with E-state index < -0.39 is 0 Å². The first-order chi connectivity index (χ1) is 8.02. The van der Waals surface area contributed by atoms with Crippen LogP contribution in [0.5, 0.6) is 11.5 Å². The number of rotatable bonds is 2. The topological polar surface area (TPSA) is 38.7 Å². The zero-order chi connectivity index (χ0) is 12.5. The van der Waals surface area contributed by atoms with Crippen LogP contribution in [0.3, 0.4) is 0 Å². The van der Waals surface area contributed by atoms with Crippen molar-refractivity contribution < 1.29 is 14.6 Å². The Kier molecular flexibility index (Phi) is 3.29. The zero-order valence-corrected chi connectivity index (χ0v) is 10.7. The molecule has 0 radical (unpaired) electrons. The molecule has 0 aliphatic carbocycles. The van der Waals surface area contributed by atoms with Gasteiger partial charge < -0.3 is 14.6 Å². The van der Waals surface area contributed by atoms with Gasteiger partial charge in [0.2, 0.25) is 0 Å². The molecule has 17 heavy (non-hydrogen) atoms. The molecule has 3 nitrogen and oxygen atoms in total. The van der Waals surface area contributed by atoms with Crippen LogP contribution in [-0.2, 0) is 6.42 Å². The lowest BCUT2D eigenvalue weighted by Gasteiger charge is -2.19. The van der Waals surface area contributed by atoms with E-state index in [0.29, 0.717) is 19.6 Å². The lowest BCUT2D eigenvalue weighted by atomic mass is 9.97. The summed E-state index contributed by atoms with van der Waals surface area (Å²) in [6, 6.07) is 3.99. The van der Waals surface area contributed by atoms with E-state index in [0.717, 1.165) is 22.6 Å². The lowest BCUT2D eigenvalue weighted by molar-refractivity contribution is 0.140. The highest BCUT2D eigenvalue weighted by Gasteiger charge is 2.25. The van der Waals surface area contributed by atoms with Gasteiger partial charge in [-0.25, -0.2) is 0 Å². The van der Waals surface area contributed by atoms with Crippen molar-refractivity contribution in [1.29, 1.82) is 0 Å². The Morgan fingerprint density at radius 2 is 1.76 bits per heavy atom. The summed E-state index contributed by atoms with van der Waals surface area (Å²) in [5.74, 6) is 1.61. The number of aryl methyl sites for hydroxylation is 1. The molecule has 0 aromatic heterocycles. The van der Waals surface area contributed by atoms with Gasteiger partial charge in [-0.2, -0.15) is 0 Å². The zero-order valence-electron chi connectivity index (χ0n) is 10.7. The number of hydrogen-bond acceptors (Lipinski definition) is 3. The first kappa shape index (κ1) is 12.2. The fourth-order valence-electron chi connectivity index (χ4n) is 1.91. The molecule has 1 N–H and O–H groups in total. The summed E-state index contributed by atoms with van der Waals surface area (Å²) in [6.45, 7) is 7.76. The molecule has 0 saturated heterocycles. The van der Waals surface area contributed by atoms with Crippen LogP contribution >= 0.6 is 0 Å². The van der Waals surface area contributed by atoms with Gasteiger partial charge in [0, 0.05) is 12.0 Å². The van der Waals surface area contributed by atoms with Gasteiger partial charge in [-0.05, 0) is 36.6 Å². The number of fused-ring (bicyclic) bond motifs is 1. The molecule has 94 valence electrons. The normalized spacial score (nSPS) is 17.6. The molecule has 2 rings (SSSR count). The third kappa shape index (κ3) is 2.72. The summed E-state index contributed by atoms with van der Waals surface area (Å²) in [7, 11) is 0. The Bertz CT molecular complexity index is 410. The van der Waals surface area contributed by atoms with E-state index in [1.54, 1.807) is 0 Å². The number of aliphatic hydroxyl groups excluding tert-OH is 1. The molecule has 0 spiro atoms. The molecule has 1 heterocycles. The van der Waals surface area contributed by atoms with Crippen molar-refractivity contribution in [3.8, 4) is 11.5 Å². The van der Waals surface area contributed by atoms with Gasteiger partial charge in [0.1, 0.15) is 0 Å². The second kappa shape index (κ2) is 4.57. The molecule has 0 fully saturated rings. The predicted octanol–water partition coefficient (Wildman–Crippen LogP) is 2.33. The van der Waals surface area contributed by atoms with Crippen molar-refractivity contribution in [2.75, 3.05) is 19.8 Å². The van der Waals surface area contributed by atoms with E-state index in [2.05, 4.69) is 13.8 Å². The van der Waals surface area contributed by atoms with Crippen molar-refractivity contribution in [2.24, 2.45) is 5.41 Å². The molecule has 1 aromatic carbocycles. The fraction of sp³-hybridized carbons (Fsp3) is 0.571. The summed E-state index contributed by atoms with van der Waals surface area (Å²) in [4.78, 5) is 0. The maximum Gasteiger partial charge on any atom is 0.161 e. The van der Waals surface area contributed by atoms with Crippen LogP contribution in [0.25, 0.3) is 0 Å². The number of aliphatic hydroxyl groups is 1. The van der Waals surface area contributed by atoms with Gasteiger partial charge in [0.15, 0.2) is 11.5 Å². The standard InChI is InChI=1S/C14H20O3/c1-10-6-12-13(7-11(10)4-5-15)17-9-14(2,3)8-16-12/h6-7,15H,4-5,8-9H2,1-3H3. The Hall–Kier alpha value is -1.22. The number of ether oxygens (including phenoxy) is 2. The minimum absolute atomic E-state index is 0.0318. The van der Waals surface area contributed by atoms with Crippen molar-refractivity contribution >= 4 is 0 Å². The van der Waals surface area contributed by atoms with Gasteiger partial charge in [-0.15, -0.1) is 0 Å². The van der Waals surface area contributed by atoms with E-state index in [9.17, 15) is 0 Å². The minimum atomic E-state index is 0.0318. The Morgan fingerprint density at radius 1 is 1.18 bits per heavy atom. The molecular formula is C14H20O3. The van der Waals surface area contributed by atoms with Gasteiger partial charge in [0.25, 0.3) is 0 Å². The first-order valence-electron chi connectivity index (χ1n) is 6.02. The molecule has 0 amide bonds. The molecule has 3 heteroatoms. The molecule has 0 bridgehead atoms. The Morgan fingerprint density at radius 3 is 2.35 bits per heavy atom. The second-order valence-corrected chi connectivity index (χ2v) is 5.44. The molecule has 0 atom stereocenters.